The number of nitrogens with one attached hydrogen (secondary N) is 2. The fourth-order valence-corrected chi connectivity index (χ4v) is 1.20. The number of hydrogen-bond donors (Lipinski definition) is 2. The minimum atomic E-state index is -0.623. The van der Waals surface area contributed by atoms with E-state index in [9.17, 15) is 9.59 Å². The van der Waals surface area contributed by atoms with Crippen LogP contribution in [0.25, 0.3) is 0 Å². The number of carbonyl (C=O) groups excluding carboxylic acids is 2. The summed E-state index contributed by atoms with van der Waals surface area (Å²) in [6.07, 6.45) is 0. The van der Waals surface area contributed by atoms with Gasteiger partial charge in [-0.25, -0.2) is 0 Å². The van der Waals surface area contributed by atoms with Gasteiger partial charge in [-0.3, -0.25) is 9.59 Å². The third kappa shape index (κ3) is 3.42. The molecule has 4 nitrogen and oxygen atoms in total. The molecule has 80 valence electrons. The Bertz CT molecular complexity index is 375. The van der Waals surface area contributed by atoms with Crippen molar-refractivity contribution < 1.29 is 9.59 Å². The number of aryl methyl sites for hydroxylation is 1. The van der Waals surface area contributed by atoms with Gasteiger partial charge in [0.1, 0.15) is 0 Å². The van der Waals surface area contributed by atoms with Crippen LogP contribution >= 0.6 is 0 Å². The Kier molecular flexibility index (Phi) is 3.85. The van der Waals surface area contributed by atoms with Crippen molar-refractivity contribution in [3.8, 4) is 0 Å². The van der Waals surface area contributed by atoms with Crippen molar-refractivity contribution in [3.05, 3.63) is 35.4 Å². The van der Waals surface area contributed by atoms with Crippen molar-refractivity contribution in [3.63, 3.8) is 0 Å². The normalized spacial score (nSPS) is 9.47. The van der Waals surface area contributed by atoms with Crippen molar-refractivity contribution in [2.75, 3.05) is 7.05 Å². The van der Waals surface area contributed by atoms with E-state index in [0.29, 0.717) is 6.54 Å². The van der Waals surface area contributed by atoms with Gasteiger partial charge >= 0.3 is 11.8 Å². The Morgan fingerprint density at radius 1 is 1.27 bits per heavy atom. The topological polar surface area (TPSA) is 58.2 Å². The monoisotopic (exact) mass is 206 g/mol. The van der Waals surface area contributed by atoms with E-state index in [4.69, 9.17) is 0 Å². The van der Waals surface area contributed by atoms with E-state index in [1.165, 1.54) is 7.05 Å². The number of benzene rings is 1. The van der Waals surface area contributed by atoms with E-state index in [1.54, 1.807) is 0 Å². The second kappa shape index (κ2) is 5.14. The van der Waals surface area contributed by atoms with E-state index < -0.39 is 11.8 Å². The van der Waals surface area contributed by atoms with Crippen molar-refractivity contribution in [1.29, 1.82) is 0 Å². The minimum Gasteiger partial charge on any atom is -0.351 e. The lowest BCUT2D eigenvalue weighted by molar-refractivity contribution is -0.139. The van der Waals surface area contributed by atoms with Gasteiger partial charge < -0.3 is 10.6 Å². The van der Waals surface area contributed by atoms with E-state index in [2.05, 4.69) is 10.6 Å². The van der Waals surface area contributed by atoms with Gasteiger partial charge in [-0.2, -0.15) is 0 Å². The molecule has 0 aromatic heterocycles. The van der Waals surface area contributed by atoms with E-state index in [1.807, 2.05) is 31.2 Å². The summed E-state index contributed by atoms with van der Waals surface area (Å²) in [6, 6.07) is 7.75. The van der Waals surface area contributed by atoms with Crippen LogP contribution in [0.2, 0.25) is 0 Å². The van der Waals surface area contributed by atoms with Gasteiger partial charge in [0.25, 0.3) is 0 Å². The molecule has 15 heavy (non-hydrogen) atoms. The second-order valence-electron chi connectivity index (χ2n) is 3.25. The highest BCUT2D eigenvalue weighted by Crippen LogP contribution is 2.02. The van der Waals surface area contributed by atoms with Gasteiger partial charge in [0.2, 0.25) is 0 Å². The lowest BCUT2D eigenvalue weighted by Crippen LogP contribution is -2.37. The molecule has 0 fully saturated rings. The van der Waals surface area contributed by atoms with Crippen LogP contribution in [0.1, 0.15) is 11.1 Å². The summed E-state index contributed by atoms with van der Waals surface area (Å²) in [5.74, 6) is -1.23. The average Bonchev–Trinajstić information content (AvgIpc) is 2.25. The van der Waals surface area contributed by atoms with Crippen LogP contribution in [0, 0.1) is 6.92 Å². The second-order valence-corrected chi connectivity index (χ2v) is 3.25. The number of carbonyl (C=O) groups is 2. The number of hydrogen-bond acceptors (Lipinski definition) is 2. The molecule has 0 aliphatic heterocycles. The van der Waals surface area contributed by atoms with Gasteiger partial charge in [-0.15, -0.1) is 0 Å². The summed E-state index contributed by atoms with van der Waals surface area (Å²) < 4.78 is 0. The molecule has 2 amide bonds. The maximum Gasteiger partial charge on any atom is 0.309 e. The SMILES string of the molecule is CNC(=O)C(=O)NCc1cccc(C)c1. The molecule has 1 aromatic rings. The molecule has 0 radical (unpaired) electrons. The Morgan fingerprint density at radius 2 is 2.00 bits per heavy atom. The van der Waals surface area contributed by atoms with Crippen molar-refractivity contribution in [2.45, 2.75) is 13.5 Å². The summed E-state index contributed by atoms with van der Waals surface area (Å²) in [5, 5.41) is 4.79. The fraction of sp³-hybridized carbons (Fsp3) is 0.273. The molecular formula is C11H14N2O2. The van der Waals surface area contributed by atoms with E-state index >= 15 is 0 Å². The largest absolute Gasteiger partial charge is 0.351 e. The summed E-state index contributed by atoms with van der Waals surface area (Å²) >= 11 is 0. The minimum absolute atomic E-state index is 0.369. The molecular weight excluding hydrogens is 192 g/mol. The molecule has 0 bridgehead atoms. The van der Waals surface area contributed by atoms with Crippen LogP contribution in [0.3, 0.4) is 0 Å². The third-order valence-electron chi connectivity index (χ3n) is 1.97. The molecule has 0 spiro atoms. The molecule has 0 unspecified atom stereocenters. The van der Waals surface area contributed by atoms with Crippen LogP contribution in [0.4, 0.5) is 0 Å². The van der Waals surface area contributed by atoms with Gasteiger partial charge in [0.05, 0.1) is 0 Å². The van der Waals surface area contributed by atoms with Gasteiger partial charge in [-0.1, -0.05) is 29.8 Å². The first kappa shape index (κ1) is 11.2. The summed E-state index contributed by atoms with van der Waals surface area (Å²) in [5.41, 5.74) is 2.11. The Balaban J connectivity index is 2.50. The van der Waals surface area contributed by atoms with Crippen LogP contribution in [-0.4, -0.2) is 18.9 Å². The molecule has 0 saturated carbocycles. The molecule has 0 aliphatic rings. The predicted octanol–water partition coefficient (Wildman–Crippen LogP) is 0.357. The van der Waals surface area contributed by atoms with Gasteiger partial charge in [-0.05, 0) is 12.5 Å². The van der Waals surface area contributed by atoms with Crippen molar-refractivity contribution in [2.24, 2.45) is 0 Å². The lowest BCUT2D eigenvalue weighted by Gasteiger charge is -2.04. The highest BCUT2D eigenvalue weighted by atomic mass is 16.2. The average molecular weight is 206 g/mol. The maximum absolute atomic E-state index is 11.1. The first-order chi connectivity index (χ1) is 7.13. The molecule has 0 saturated heterocycles. The Morgan fingerprint density at radius 3 is 2.60 bits per heavy atom. The zero-order chi connectivity index (χ0) is 11.3. The lowest BCUT2D eigenvalue weighted by atomic mass is 10.1. The van der Waals surface area contributed by atoms with Crippen molar-refractivity contribution >= 4 is 11.8 Å². The van der Waals surface area contributed by atoms with Gasteiger partial charge in [0, 0.05) is 13.6 Å². The quantitative estimate of drug-likeness (QED) is 0.686. The van der Waals surface area contributed by atoms with Crippen LogP contribution < -0.4 is 10.6 Å². The van der Waals surface area contributed by atoms with Gasteiger partial charge in [0.15, 0.2) is 0 Å². The summed E-state index contributed by atoms with van der Waals surface area (Å²) in [4.78, 5) is 22.0. The molecule has 0 atom stereocenters. The van der Waals surface area contributed by atoms with E-state index in [0.717, 1.165) is 11.1 Å². The van der Waals surface area contributed by atoms with Crippen LogP contribution in [-0.2, 0) is 16.1 Å². The van der Waals surface area contributed by atoms with E-state index in [-0.39, 0.29) is 0 Å². The zero-order valence-corrected chi connectivity index (χ0v) is 8.83. The number of likely N-dealkylation sites (N-methyl/N-ethyl adjacent to an activating group) is 1. The Labute approximate surface area is 88.7 Å². The van der Waals surface area contributed by atoms with Crippen LogP contribution in [0.15, 0.2) is 24.3 Å². The van der Waals surface area contributed by atoms with Crippen molar-refractivity contribution in [1.82, 2.24) is 10.6 Å². The molecule has 4 heteroatoms. The molecule has 0 heterocycles. The number of amides is 2. The predicted molar refractivity (Wildman–Crippen MR) is 57.1 cm³/mol. The first-order valence-electron chi connectivity index (χ1n) is 4.69. The molecule has 1 aromatic carbocycles. The fourth-order valence-electron chi connectivity index (χ4n) is 1.20. The molecule has 1 rings (SSSR count). The highest BCUT2D eigenvalue weighted by molar-refractivity contribution is 6.34. The van der Waals surface area contributed by atoms with Crippen LogP contribution in [0.5, 0.6) is 0 Å². The Hall–Kier alpha value is -1.84. The smallest absolute Gasteiger partial charge is 0.309 e. The number of rotatable bonds is 2. The molecule has 0 aliphatic carbocycles. The summed E-state index contributed by atoms with van der Waals surface area (Å²) in [7, 11) is 1.43. The summed E-state index contributed by atoms with van der Waals surface area (Å²) in [6.45, 7) is 2.35. The maximum atomic E-state index is 11.1. The molecule has 2 N–H and O–H groups in total. The highest BCUT2D eigenvalue weighted by Gasteiger charge is 2.09. The third-order valence-corrected chi connectivity index (χ3v) is 1.97. The standard InChI is InChI=1S/C11H14N2O2/c1-8-4-3-5-9(6-8)7-13-11(15)10(14)12-2/h3-6H,7H2,1-2H3,(H,12,14)(H,13,15). The first-order valence-corrected chi connectivity index (χ1v) is 4.69. The zero-order valence-electron chi connectivity index (χ0n) is 8.83.